The number of benzene rings is 1. The van der Waals surface area contributed by atoms with Crippen molar-refractivity contribution in [2.45, 2.75) is 19.1 Å². The van der Waals surface area contributed by atoms with E-state index in [-0.39, 0.29) is 40.3 Å². The van der Waals surface area contributed by atoms with Gasteiger partial charge in [-0.05, 0) is 32.0 Å². The minimum Gasteiger partial charge on any atom is -0.307 e. The zero-order valence-corrected chi connectivity index (χ0v) is 14.3. The van der Waals surface area contributed by atoms with Crippen LogP contribution in [-0.2, 0) is 10.0 Å². The minimum atomic E-state index is -3.70. The van der Waals surface area contributed by atoms with Crippen LogP contribution in [0.2, 0.25) is 5.02 Å². The molecular formula is C10H12ClFN2NaO3S. The summed E-state index contributed by atoms with van der Waals surface area (Å²) in [5, 5.41) is 1.34. The first-order valence-electron chi connectivity index (χ1n) is 5.00. The molecule has 19 heavy (non-hydrogen) atoms. The summed E-state index contributed by atoms with van der Waals surface area (Å²) in [6, 6.07) is 2.59. The quantitative estimate of drug-likeness (QED) is 0.837. The summed E-state index contributed by atoms with van der Waals surface area (Å²) in [4.78, 5) is 11.4. The third-order valence-electron chi connectivity index (χ3n) is 2.03. The van der Waals surface area contributed by atoms with Gasteiger partial charge in [0.1, 0.15) is 5.82 Å². The van der Waals surface area contributed by atoms with Crippen LogP contribution in [0.3, 0.4) is 0 Å². The van der Waals surface area contributed by atoms with Crippen molar-refractivity contribution in [3.8, 4) is 0 Å². The van der Waals surface area contributed by atoms with Gasteiger partial charge in [0.25, 0.3) is 0 Å². The molecule has 1 aromatic carbocycles. The maximum atomic E-state index is 12.9. The molecule has 0 aromatic heterocycles. The second kappa shape index (κ2) is 7.44. The molecule has 0 spiro atoms. The van der Waals surface area contributed by atoms with Gasteiger partial charge in [-0.3, -0.25) is 0 Å². The van der Waals surface area contributed by atoms with E-state index in [1.54, 1.807) is 0 Å². The van der Waals surface area contributed by atoms with Crippen molar-refractivity contribution in [1.82, 2.24) is 4.72 Å². The molecule has 0 aliphatic carbocycles. The van der Waals surface area contributed by atoms with E-state index < -0.39 is 27.1 Å². The fraction of sp³-hybridized carbons (Fsp3) is 0.300. The number of urea groups is 1. The third-order valence-corrected chi connectivity index (χ3v) is 4.03. The van der Waals surface area contributed by atoms with Crippen LogP contribution < -0.4 is 10.0 Å². The number of rotatable bonds is 3. The van der Waals surface area contributed by atoms with E-state index in [1.807, 2.05) is 4.72 Å². The maximum Gasteiger partial charge on any atom is 0.332 e. The van der Waals surface area contributed by atoms with Crippen LogP contribution in [-0.4, -0.2) is 49.3 Å². The average molecular weight is 318 g/mol. The summed E-state index contributed by atoms with van der Waals surface area (Å²) in [5.41, 5.74) is 0.192. The first-order valence-corrected chi connectivity index (χ1v) is 6.92. The Morgan fingerprint density at radius 3 is 2.42 bits per heavy atom. The Bertz CT molecular complexity index is 566. The van der Waals surface area contributed by atoms with Crippen molar-refractivity contribution in [1.29, 1.82) is 0 Å². The molecule has 1 aromatic rings. The zero-order chi connectivity index (χ0) is 13.9. The minimum absolute atomic E-state index is 0. The van der Waals surface area contributed by atoms with Crippen LogP contribution in [0.4, 0.5) is 14.9 Å². The van der Waals surface area contributed by atoms with Gasteiger partial charge in [0.2, 0.25) is 10.0 Å². The number of nitrogens with one attached hydrogen (secondary N) is 2. The van der Waals surface area contributed by atoms with Gasteiger partial charge in [-0.15, -0.1) is 0 Å². The fourth-order valence-electron chi connectivity index (χ4n) is 0.978. The van der Waals surface area contributed by atoms with Crippen LogP contribution >= 0.6 is 11.6 Å². The predicted octanol–water partition coefficient (Wildman–Crippen LogP) is 1.96. The van der Waals surface area contributed by atoms with Gasteiger partial charge in [0, 0.05) is 35.2 Å². The molecule has 2 N–H and O–H groups in total. The maximum absolute atomic E-state index is 12.9. The SMILES string of the molecule is CC(C)S(=O)(=O)NC(=O)Nc1ccc(F)c(Cl)c1.[Na]. The first-order chi connectivity index (χ1) is 8.22. The molecule has 0 aliphatic rings. The van der Waals surface area contributed by atoms with E-state index in [2.05, 4.69) is 5.32 Å². The van der Waals surface area contributed by atoms with E-state index in [0.29, 0.717) is 0 Å². The summed E-state index contributed by atoms with van der Waals surface area (Å²) in [5.74, 6) is -0.627. The van der Waals surface area contributed by atoms with Gasteiger partial charge in [0.15, 0.2) is 0 Å². The van der Waals surface area contributed by atoms with Gasteiger partial charge in [-0.25, -0.2) is 22.3 Å². The number of carbonyl (C=O) groups is 1. The average Bonchev–Trinajstić information content (AvgIpc) is 2.22. The van der Waals surface area contributed by atoms with E-state index in [4.69, 9.17) is 11.6 Å². The summed E-state index contributed by atoms with van der Waals surface area (Å²) < 4.78 is 37.5. The number of hydrogen-bond donors (Lipinski definition) is 2. The number of carbonyl (C=O) groups excluding carboxylic acids is 1. The van der Waals surface area contributed by atoms with Gasteiger partial charge in [-0.1, -0.05) is 11.6 Å². The molecule has 0 unspecified atom stereocenters. The topological polar surface area (TPSA) is 75.3 Å². The second-order valence-corrected chi connectivity index (χ2v) is 6.42. The van der Waals surface area contributed by atoms with Crippen molar-refractivity contribution in [2.24, 2.45) is 0 Å². The Labute approximate surface area is 138 Å². The molecule has 1 rings (SSSR count). The molecule has 0 aliphatic heterocycles. The molecule has 1 radical (unpaired) electrons. The van der Waals surface area contributed by atoms with Gasteiger partial charge < -0.3 is 5.32 Å². The van der Waals surface area contributed by atoms with Gasteiger partial charge in [-0.2, -0.15) is 0 Å². The first kappa shape index (κ1) is 18.7. The Balaban J connectivity index is 0.00000324. The number of halogens is 2. The molecule has 0 fully saturated rings. The zero-order valence-electron chi connectivity index (χ0n) is 10.7. The van der Waals surface area contributed by atoms with Crippen LogP contribution in [0.25, 0.3) is 0 Å². The van der Waals surface area contributed by atoms with Crippen LogP contribution in [0.15, 0.2) is 18.2 Å². The molecule has 9 heteroatoms. The summed E-state index contributed by atoms with van der Waals surface area (Å²) in [6.45, 7) is 2.87. The van der Waals surface area contributed by atoms with Crippen molar-refractivity contribution in [2.75, 3.05) is 5.32 Å². The molecule has 0 saturated heterocycles. The molecular weight excluding hydrogens is 306 g/mol. The number of sulfonamides is 1. The van der Waals surface area contributed by atoms with Crippen molar-refractivity contribution in [3.63, 3.8) is 0 Å². The smallest absolute Gasteiger partial charge is 0.307 e. The van der Waals surface area contributed by atoms with Crippen molar-refractivity contribution < 1.29 is 17.6 Å². The monoisotopic (exact) mass is 317 g/mol. The fourth-order valence-corrected chi connectivity index (χ4v) is 1.70. The Morgan fingerprint density at radius 2 is 1.95 bits per heavy atom. The Morgan fingerprint density at radius 1 is 1.37 bits per heavy atom. The number of hydrogen-bond acceptors (Lipinski definition) is 3. The van der Waals surface area contributed by atoms with Gasteiger partial charge >= 0.3 is 6.03 Å². The number of amides is 2. The molecule has 0 heterocycles. The normalized spacial score (nSPS) is 10.8. The third kappa shape index (κ3) is 5.66. The summed E-state index contributed by atoms with van der Waals surface area (Å²) in [7, 11) is -3.70. The second-order valence-electron chi connectivity index (χ2n) is 3.78. The molecule has 2 amide bonds. The van der Waals surface area contributed by atoms with Crippen LogP contribution in [0.1, 0.15) is 13.8 Å². The standard InChI is InChI=1S/C10H12ClFN2O3S.Na/c1-6(2)18(16,17)14-10(15)13-7-3-4-9(12)8(11)5-7;/h3-6H,1-2H3,(H2,13,14,15);. The van der Waals surface area contributed by atoms with E-state index in [0.717, 1.165) is 6.07 Å². The molecule has 101 valence electrons. The Hall–Kier alpha value is -0.340. The largest absolute Gasteiger partial charge is 0.332 e. The van der Waals surface area contributed by atoms with E-state index >= 15 is 0 Å². The van der Waals surface area contributed by atoms with Gasteiger partial charge in [0.05, 0.1) is 10.3 Å². The van der Waals surface area contributed by atoms with Crippen LogP contribution in [0.5, 0.6) is 0 Å². The van der Waals surface area contributed by atoms with Crippen molar-refractivity contribution in [3.05, 3.63) is 29.0 Å². The van der Waals surface area contributed by atoms with Crippen LogP contribution in [0, 0.1) is 5.82 Å². The number of anilines is 1. The predicted molar refractivity (Wildman–Crippen MR) is 73.4 cm³/mol. The summed E-state index contributed by atoms with van der Waals surface area (Å²) in [6.07, 6.45) is 0. The molecule has 0 bridgehead atoms. The molecule has 0 saturated carbocycles. The Kier molecular flexibility index (Phi) is 7.31. The van der Waals surface area contributed by atoms with E-state index in [1.165, 1.54) is 26.0 Å². The molecule has 0 atom stereocenters. The molecule has 5 nitrogen and oxygen atoms in total. The van der Waals surface area contributed by atoms with Crippen molar-refractivity contribution >= 4 is 62.9 Å². The summed E-state index contributed by atoms with van der Waals surface area (Å²) >= 11 is 5.52. The van der Waals surface area contributed by atoms with E-state index in [9.17, 15) is 17.6 Å².